The summed E-state index contributed by atoms with van der Waals surface area (Å²) in [7, 11) is 0. The van der Waals surface area contributed by atoms with Crippen molar-refractivity contribution >= 4 is 0 Å². The Kier molecular flexibility index (Phi) is 4.68. The Labute approximate surface area is 112 Å². The molecular formula is C15H30N2O. The first-order chi connectivity index (χ1) is 8.47. The molecule has 3 nitrogen and oxygen atoms in total. The molecule has 1 saturated carbocycles. The third kappa shape index (κ3) is 3.69. The average molecular weight is 254 g/mol. The molecule has 3 heteroatoms. The fraction of sp³-hybridized carbons (Fsp3) is 1.00. The van der Waals surface area contributed by atoms with Crippen molar-refractivity contribution in [3.05, 3.63) is 0 Å². The summed E-state index contributed by atoms with van der Waals surface area (Å²) in [4.78, 5) is 0. The predicted octanol–water partition coefficient (Wildman–Crippen LogP) is 1.76. The Balaban J connectivity index is 1.67. The number of aliphatic hydroxyl groups is 1. The molecule has 1 saturated heterocycles. The number of nitrogens with one attached hydrogen (secondary N) is 2. The second-order valence-corrected chi connectivity index (χ2v) is 7.31. The molecule has 0 spiro atoms. The van der Waals surface area contributed by atoms with Crippen LogP contribution in [0.1, 0.15) is 46.5 Å². The van der Waals surface area contributed by atoms with Crippen LogP contribution in [0.25, 0.3) is 0 Å². The summed E-state index contributed by atoms with van der Waals surface area (Å²) in [6, 6.07) is 0.677. The molecule has 1 heterocycles. The SMILES string of the molecule is CC(C)(C)C1CCC(NCC2CNCC2O)CC1. The molecule has 0 aromatic carbocycles. The van der Waals surface area contributed by atoms with Gasteiger partial charge >= 0.3 is 0 Å². The average Bonchev–Trinajstić information content (AvgIpc) is 2.72. The monoisotopic (exact) mass is 254 g/mol. The van der Waals surface area contributed by atoms with Crippen molar-refractivity contribution < 1.29 is 5.11 Å². The maximum Gasteiger partial charge on any atom is 0.0716 e. The highest BCUT2D eigenvalue weighted by Crippen LogP contribution is 2.37. The van der Waals surface area contributed by atoms with E-state index in [1.54, 1.807) is 0 Å². The van der Waals surface area contributed by atoms with Crippen LogP contribution >= 0.6 is 0 Å². The summed E-state index contributed by atoms with van der Waals surface area (Å²) < 4.78 is 0. The van der Waals surface area contributed by atoms with Gasteiger partial charge in [-0.3, -0.25) is 0 Å². The van der Waals surface area contributed by atoms with Gasteiger partial charge in [0.15, 0.2) is 0 Å². The minimum absolute atomic E-state index is 0.150. The van der Waals surface area contributed by atoms with Crippen LogP contribution in [0.2, 0.25) is 0 Å². The largest absolute Gasteiger partial charge is 0.391 e. The third-order valence-electron chi connectivity index (χ3n) is 4.92. The molecule has 2 fully saturated rings. The van der Waals surface area contributed by atoms with Crippen molar-refractivity contribution in [2.24, 2.45) is 17.3 Å². The van der Waals surface area contributed by atoms with Crippen molar-refractivity contribution in [1.29, 1.82) is 0 Å². The number of hydrogen-bond acceptors (Lipinski definition) is 3. The van der Waals surface area contributed by atoms with Crippen LogP contribution in [0.4, 0.5) is 0 Å². The van der Waals surface area contributed by atoms with E-state index in [0.29, 0.717) is 17.4 Å². The molecule has 0 aromatic heterocycles. The molecule has 18 heavy (non-hydrogen) atoms. The molecule has 2 atom stereocenters. The molecule has 0 aromatic rings. The van der Waals surface area contributed by atoms with Gasteiger partial charge in [0.1, 0.15) is 0 Å². The van der Waals surface area contributed by atoms with Crippen LogP contribution in [0.15, 0.2) is 0 Å². The fourth-order valence-electron chi connectivity index (χ4n) is 3.41. The van der Waals surface area contributed by atoms with Crippen LogP contribution in [-0.2, 0) is 0 Å². The van der Waals surface area contributed by atoms with Crippen LogP contribution in [0, 0.1) is 17.3 Å². The van der Waals surface area contributed by atoms with Gasteiger partial charge in [-0.25, -0.2) is 0 Å². The van der Waals surface area contributed by atoms with Crippen molar-refractivity contribution in [3.8, 4) is 0 Å². The second kappa shape index (κ2) is 5.89. The van der Waals surface area contributed by atoms with E-state index in [2.05, 4.69) is 31.4 Å². The Bertz CT molecular complexity index is 254. The van der Waals surface area contributed by atoms with Crippen molar-refractivity contribution in [2.45, 2.75) is 58.6 Å². The van der Waals surface area contributed by atoms with Gasteiger partial charge < -0.3 is 15.7 Å². The molecule has 2 unspecified atom stereocenters. The van der Waals surface area contributed by atoms with E-state index in [9.17, 15) is 5.11 Å². The standard InChI is InChI=1S/C15H30N2O/c1-15(2,3)12-4-6-13(7-5-12)17-9-11-8-16-10-14(11)18/h11-14,16-18H,4-10H2,1-3H3. The van der Waals surface area contributed by atoms with Gasteiger partial charge in [0.25, 0.3) is 0 Å². The highest BCUT2D eigenvalue weighted by molar-refractivity contribution is 4.86. The number of β-amino-alcohol motifs (C(OH)–C–C–N with tert-alkyl or cyclic N) is 1. The van der Waals surface area contributed by atoms with E-state index in [0.717, 1.165) is 25.6 Å². The minimum Gasteiger partial charge on any atom is -0.391 e. The number of aliphatic hydroxyl groups excluding tert-OH is 1. The summed E-state index contributed by atoms with van der Waals surface area (Å²) in [5.74, 6) is 1.29. The molecule has 1 aliphatic heterocycles. The molecule has 3 N–H and O–H groups in total. The van der Waals surface area contributed by atoms with Crippen LogP contribution in [0.5, 0.6) is 0 Å². The Morgan fingerprint density at radius 3 is 2.28 bits per heavy atom. The molecule has 2 aliphatic rings. The highest BCUT2D eigenvalue weighted by atomic mass is 16.3. The molecular weight excluding hydrogens is 224 g/mol. The fourth-order valence-corrected chi connectivity index (χ4v) is 3.41. The second-order valence-electron chi connectivity index (χ2n) is 7.31. The van der Waals surface area contributed by atoms with Gasteiger partial charge in [-0.1, -0.05) is 20.8 Å². The predicted molar refractivity (Wildman–Crippen MR) is 75.6 cm³/mol. The quantitative estimate of drug-likeness (QED) is 0.719. The lowest BCUT2D eigenvalue weighted by atomic mass is 9.71. The van der Waals surface area contributed by atoms with Crippen molar-refractivity contribution in [1.82, 2.24) is 10.6 Å². The molecule has 106 valence electrons. The molecule has 0 amide bonds. The highest BCUT2D eigenvalue weighted by Gasteiger charge is 2.30. The summed E-state index contributed by atoms with van der Waals surface area (Å²) in [6.07, 6.45) is 5.17. The first kappa shape index (κ1) is 14.3. The Hall–Kier alpha value is -0.120. The maximum absolute atomic E-state index is 9.76. The van der Waals surface area contributed by atoms with Gasteiger partial charge in [0, 0.05) is 31.6 Å². The molecule has 2 rings (SSSR count). The number of hydrogen-bond donors (Lipinski definition) is 3. The zero-order valence-electron chi connectivity index (χ0n) is 12.2. The van der Waals surface area contributed by atoms with Crippen LogP contribution in [0.3, 0.4) is 0 Å². The lowest BCUT2D eigenvalue weighted by molar-refractivity contribution is 0.133. The third-order valence-corrected chi connectivity index (χ3v) is 4.92. The first-order valence-corrected chi connectivity index (χ1v) is 7.59. The van der Waals surface area contributed by atoms with Gasteiger partial charge in [-0.15, -0.1) is 0 Å². The summed E-state index contributed by atoms with van der Waals surface area (Å²) >= 11 is 0. The summed E-state index contributed by atoms with van der Waals surface area (Å²) in [6.45, 7) is 9.80. The summed E-state index contributed by atoms with van der Waals surface area (Å²) in [5.41, 5.74) is 0.469. The first-order valence-electron chi connectivity index (χ1n) is 7.59. The van der Waals surface area contributed by atoms with Gasteiger partial charge in [-0.2, -0.15) is 0 Å². The molecule has 0 bridgehead atoms. The lowest BCUT2D eigenvalue weighted by Crippen LogP contribution is -2.40. The van der Waals surface area contributed by atoms with Crippen LogP contribution in [-0.4, -0.2) is 36.9 Å². The van der Waals surface area contributed by atoms with Crippen molar-refractivity contribution in [2.75, 3.05) is 19.6 Å². The Morgan fingerprint density at radius 1 is 1.11 bits per heavy atom. The topological polar surface area (TPSA) is 44.3 Å². The van der Waals surface area contributed by atoms with Gasteiger partial charge in [0.2, 0.25) is 0 Å². The zero-order valence-corrected chi connectivity index (χ0v) is 12.2. The van der Waals surface area contributed by atoms with Gasteiger partial charge in [-0.05, 0) is 37.0 Å². The van der Waals surface area contributed by atoms with Crippen molar-refractivity contribution in [3.63, 3.8) is 0 Å². The van der Waals surface area contributed by atoms with E-state index in [1.165, 1.54) is 25.7 Å². The normalized spacial score (nSPS) is 38.0. The molecule has 0 radical (unpaired) electrons. The smallest absolute Gasteiger partial charge is 0.0716 e. The van der Waals surface area contributed by atoms with Crippen LogP contribution < -0.4 is 10.6 Å². The summed E-state index contributed by atoms with van der Waals surface area (Å²) in [5, 5.41) is 16.7. The zero-order chi connectivity index (χ0) is 13.2. The van der Waals surface area contributed by atoms with E-state index in [-0.39, 0.29) is 6.10 Å². The maximum atomic E-state index is 9.76. The van der Waals surface area contributed by atoms with Gasteiger partial charge in [0.05, 0.1) is 6.10 Å². The lowest BCUT2D eigenvalue weighted by Gasteiger charge is -2.37. The molecule has 1 aliphatic carbocycles. The van der Waals surface area contributed by atoms with E-state index in [4.69, 9.17) is 0 Å². The minimum atomic E-state index is -0.150. The Morgan fingerprint density at radius 2 is 1.78 bits per heavy atom. The number of rotatable bonds is 3. The van der Waals surface area contributed by atoms with E-state index >= 15 is 0 Å². The van der Waals surface area contributed by atoms with E-state index in [1.807, 2.05) is 0 Å². The van der Waals surface area contributed by atoms with E-state index < -0.39 is 0 Å².